The molecule has 0 bridgehead atoms. The first-order valence-corrected chi connectivity index (χ1v) is 27.7. The summed E-state index contributed by atoms with van der Waals surface area (Å²) in [5.74, 6) is 1.81. The van der Waals surface area contributed by atoms with E-state index in [9.17, 15) is 0 Å². The molecular weight excluding hydrogens is 887 g/mol. The molecule has 0 saturated carbocycles. The first-order chi connectivity index (χ1) is 33.2. The highest BCUT2D eigenvalue weighted by molar-refractivity contribution is 7.27. The Morgan fingerprint density at radius 1 is 0.471 bits per heavy atom. The van der Waals surface area contributed by atoms with Gasteiger partial charge < -0.3 is 14.4 Å². The number of fused-ring (bicyclic) bond motifs is 7. The Balaban J connectivity index is 0.990. The first kappa shape index (κ1) is 45.1. The van der Waals surface area contributed by atoms with Gasteiger partial charge in [0.15, 0.2) is 11.5 Å². The third-order valence-electron chi connectivity index (χ3n) is 15.0. The fourth-order valence-corrected chi connectivity index (χ4v) is 15.0. The van der Waals surface area contributed by atoms with Gasteiger partial charge in [0.05, 0.1) is 14.6 Å². The van der Waals surface area contributed by atoms with Crippen molar-refractivity contribution in [1.29, 1.82) is 0 Å². The number of aryl methyl sites for hydroxylation is 2. The topological polar surface area (TPSA) is 21.7 Å². The molecule has 0 fully saturated rings. The van der Waals surface area contributed by atoms with E-state index >= 15 is 0 Å². The number of benzene rings is 5. The summed E-state index contributed by atoms with van der Waals surface area (Å²) < 4.78 is 13.2. The molecule has 68 heavy (non-hydrogen) atoms. The summed E-state index contributed by atoms with van der Waals surface area (Å²) in [6.45, 7) is 15.2. The third-order valence-corrected chi connectivity index (χ3v) is 18.7. The Bertz CT molecular complexity index is 3020. The van der Waals surface area contributed by atoms with Gasteiger partial charge in [-0.1, -0.05) is 153 Å². The lowest BCUT2D eigenvalue weighted by molar-refractivity contribution is 0.175. The summed E-state index contributed by atoms with van der Waals surface area (Å²) in [5, 5.41) is 2.30. The standard InChI is InChI=1S/C62H63NO2S3/c1-7-9-11-13-19-40-33-36-66-57(40)54-37-42(20-14-12-10-8-2)59(67-54)60-56-55(64-34-35-65-56)58(68-60)41-25-27-43(28-26-41)63(44-29-31-48-46-21-15-17-23-50(46)61(3,4)52(48)38-44)45-30-32-49-47-22-16-18-24-51(47)62(5,6)53(49)39-45/h15-18,21-33,36-39H,7-14,19-20,34-35H2,1-6H3. The van der Waals surface area contributed by atoms with Crippen LogP contribution in [0.1, 0.15) is 126 Å². The molecule has 3 aliphatic rings. The van der Waals surface area contributed by atoms with Crippen molar-refractivity contribution in [3.05, 3.63) is 160 Å². The zero-order valence-corrected chi connectivity index (χ0v) is 43.0. The van der Waals surface area contributed by atoms with Crippen LogP contribution in [0.4, 0.5) is 17.1 Å². The maximum absolute atomic E-state index is 6.63. The van der Waals surface area contributed by atoms with E-state index < -0.39 is 0 Å². The van der Waals surface area contributed by atoms with Crippen molar-refractivity contribution in [2.45, 2.75) is 117 Å². The first-order valence-electron chi connectivity index (χ1n) is 25.2. The van der Waals surface area contributed by atoms with Crippen molar-refractivity contribution in [1.82, 2.24) is 0 Å². The van der Waals surface area contributed by atoms with Crippen LogP contribution in [0.2, 0.25) is 0 Å². The number of unbranched alkanes of at least 4 members (excludes halogenated alkanes) is 6. The van der Waals surface area contributed by atoms with E-state index in [4.69, 9.17) is 9.47 Å². The molecule has 0 saturated heterocycles. The molecule has 0 unspecified atom stereocenters. The van der Waals surface area contributed by atoms with Crippen LogP contribution < -0.4 is 14.4 Å². The van der Waals surface area contributed by atoms with Gasteiger partial charge in [-0.25, -0.2) is 0 Å². The van der Waals surface area contributed by atoms with Gasteiger partial charge in [-0.05, 0) is 141 Å². The van der Waals surface area contributed by atoms with Gasteiger partial charge in [0.1, 0.15) is 13.2 Å². The normalized spacial score (nSPS) is 14.7. The average molecular weight is 950 g/mol. The molecule has 0 amide bonds. The number of rotatable bonds is 16. The summed E-state index contributed by atoms with van der Waals surface area (Å²) in [6, 6.07) is 46.2. The van der Waals surface area contributed by atoms with Crippen molar-refractivity contribution < 1.29 is 9.47 Å². The van der Waals surface area contributed by atoms with Crippen LogP contribution in [-0.4, -0.2) is 13.2 Å². The second-order valence-electron chi connectivity index (χ2n) is 20.2. The molecule has 0 radical (unpaired) electrons. The summed E-state index contributed by atoms with van der Waals surface area (Å²) in [5.41, 5.74) is 18.2. The molecule has 346 valence electrons. The number of hydrogen-bond acceptors (Lipinski definition) is 6. The van der Waals surface area contributed by atoms with Gasteiger partial charge in [0.25, 0.3) is 0 Å². The van der Waals surface area contributed by atoms with Crippen molar-refractivity contribution in [2.75, 3.05) is 18.1 Å². The largest absolute Gasteiger partial charge is 0.485 e. The van der Waals surface area contributed by atoms with E-state index in [1.54, 1.807) is 0 Å². The van der Waals surface area contributed by atoms with Crippen LogP contribution in [-0.2, 0) is 23.7 Å². The zero-order valence-electron chi connectivity index (χ0n) is 40.6. The number of thiophene rings is 3. The Hall–Kier alpha value is -5.40. The van der Waals surface area contributed by atoms with Gasteiger partial charge >= 0.3 is 0 Å². The van der Waals surface area contributed by atoms with Gasteiger partial charge in [0, 0.05) is 37.6 Å². The Morgan fingerprint density at radius 2 is 1.00 bits per heavy atom. The van der Waals surface area contributed by atoms with Crippen molar-refractivity contribution in [2.24, 2.45) is 0 Å². The second kappa shape index (κ2) is 18.5. The predicted octanol–water partition coefficient (Wildman–Crippen LogP) is 19.0. The minimum atomic E-state index is -0.115. The van der Waals surface area contributed by atoms with E-state index in [-0.39, 0.29) is 10.8 Å². The molecule has 5 aromatic carbocycles. The Kier molecular flexibility index (Phi) is 12.3. The fraction of sp³-hybridized carbons (Fsp3) is 0.323. The van der Waals surface area contributed by atoms with E-state index in [2.05, 4.69) is 173 Å². The third kappa shape index (κ3) is 7.85. The van der Waals surface area contributed by atoms with Gasteiger partial charge in [-0.2, -0.15) is 0 Å². The molecule has 11 rings (SSSR count). The Morgan fingerprint density at radius 3 is 1.59 bits per heavy atom. The number of nitrogens with zero attached hydrogens (tertiary/aromatic N) is 1. The lowest BCUT2D eigenvalue weighted by Crippen LogP contribution is -2.18. The number of ether oxygens (including phenoxy) is 2. The summed E-state index contributed by atoms with van der Waals surface area (Å²) in [7, 11) is 0. The highest BCUT2D eigenvalue weighted by Crippen LogP contribution is 2.58. The molecule has 3 aromatic heterocycles. The molecular formula is C62H63NO2S3. The average Bonchev–Trinajstić information content (AvgIpc) is 4.18. The minimum absolute atomic E-state index is 0.115. The van der Waals surface area contributed by atoms with Crippen LogP contribution in [0, 0.1) is 0 Å². The molecule has 8 aromatic rings. The van der Waals surface area contributed by atoms with Crippen LogP contribution in [0.3, 0.4) is 0 Å². The Labute approximate surface area is 416 Å². The summed E-state index contributed by atoms with van der Waals surface area (Å²) in [6.07, 6.45) is 12.3. The zero-order chi connectivity index (χ0) is 46.6. The van der Waals surface area contributed by atoms with Gasteiger partial charge in [0.2, 0.25) is 0 Å². The molecule has 0 atom stereocenters. The molecule has 2 aliphatic carbocycles. The molecule has 1 aliphatic heterocycles. The number of anilines is 3. The molecule has 6 heteroatoms. The maximum Gasteiger partial charge on any atom is 0.181 e. The highest BCUT2D eigenvalue weighted by atomic mass is 32.1. The fourth-order valence-electron chi connectivity index (χ4n) is 11.3. The summed E-state index contributed by atoms with van der Waals surface area (Å²) in [4.78, 5) is 9.02. The molecule has 3 nitrogen and oxygen atoms in total. The van der Waals surface area contributed by atoms with Crippen LogP contribution in [0.25, 0.3) is 52.2 Å². The van der Waals surface area contributed by atoms with E-state index in [0.29, 0.717) is 13.2 Å². The molecule has 4 heterocycles. The van der Waals surface area contributed by atoms with E-state index in [0.717, 1.165) is 51.8 Å². The molecule has 0 spiro atoms. The second-order valence-corrected chi connectivity index (χ2v) is 23.1. The van der Waals surface area contributed by atoms with Crippen LogP contribution in [0.15, 0.2) is 127 Å². The predicted molar refractivity (Wildman–Crippen MR) is 293 cm³/mol. The monoisotopic (exact) mass is 949 g/mol. The SMILES string of the molecule is CCCCCCc1ccsc1-c1cc(CCCCCC)c(-c2sc(-c3ccc(N(c4ccc5c(c4)C(C)(C)c4ccccc4-5)c4ccc5c(c4)C(C)(C)c4ccccc4-5)cc3)c3c2OCCO3)s1. The van der Waals surface area contributed by atoms with E-state index in [1.807, 2.05) is 34.0 Å². The highest BCUT2D eigenvalue weighted by Gasteiger charge is 2.38. The van der Waals surface area contributed by atoms with Crippen molar-refractivity contribution in [3.8, 4) is 63.7 Å². The minimum Gasteiger partial charge on any atom is -0.485 e. The van der Waals surface area contributed by atoms with Crippen LogP contribution in [0.5, 0.6) is 11.5 Å². The van der Waals surface area contributed by atoms with Crippen LogP contribution >= 0.6 is 34.0 Å². The van der Waals surface area contributed by atoms with E-state index in [1.165, 1.54) is 127 Å². The lowest BCUT2D eigenvalue weighted by Gasteiger charge is -2.30. The van der Waals surface area contributed by atoms with Crippen molar-refractivity contribution in [3.63, 3.8) is 0 Å². The van der Waals surface area contributed by atoms with Gasteiger partial charge in [-0.15, -0.1) is 34.0 Å². The number of hydrogen-bond donors (Lipinski definition) is 0. The summed E-state index contributed by atoms with van der Waals surface area (Å²) >= 11 is 5.71. The van der Waals surface area contributed by atoms with Gasteiger partial charge in [-0.3, -0.25) is 0 Å². The quantitative estimate of drug-likeness (QED) is 0.0901. The molecule has 0 N–H and O–H groups in total. The lowest BCUT2D eigenvalue weighted by atomic mass is 9.82. The maximum atomic E-state index is 6.63. The van der Waals surface area contributed by atoms with Crippen molar-refractivity contribution >= 4 is 51.1 Å². The smallest absolute Gasteiger partial charge is 0.181 e.